The van der Waals surface area contributed by atoms with Crippen molar-refractivity contribution >= 4 is 36.1 Å². The first kappa shape index (κ1) is 25.8. The molecule has 0 saturated carbocycles. The summed E-state index contributed by atoms with van der Waals surface area (Å²) in [6.07, 6.45) is 0.478. The van der Waals surface area contributed by atoms with Crippen LogP contribution in [0.15, 0.2) is 55.2 Å². The highest BCUT2D eigenvalue weighted by Crippen LogP contribution is 2.28. The Morgan fingerprint density at radius 1 is 1.06 bits per heavy atom. The maximum Gasteiger partial charge on any atom is 0.451 e. The Balaban J connectivity index is 0.00000342. The first-order chi connectivity index (χ1) is 16.3. The van der Waals surface area contributed by atoms with E-state index in [4.69, 9.17) is 0 Å². The first-order valence-corrected chi connectivity index (χ1v) is 10.3. The summed E-state index contributed by atoms with van der Waals surface area (Å²) in [4.78, 5) is 31.7. The molecule has 35 heavy (non-hydrogen) atoms. The Morgan fingerprint density at radius 3 is 2.49 bits per heavy atom. The Bertz CT molecular complexity index is 1330. The van der Waals surface area contributed by atoms with Crippen LogP contribution in [0.1, 0.15) is 34.6 Å². The number of halogens is 3. The minimum atomic E-state index is -4.61. The monoisotopic (exact) mass is 501 g/mol. The molecule has 0 spiro atoms. The van der Waals surface area contributed by atoms with Crippen LogP contribution in [0.25, 0.3) is 22.2 Å². The molecule has 4 rings (SSSR count). The van der Waals surface area contributed by atoms with Crippen LogP contribution in [0, 0.1) is 0 Å². The van der Waals surface area contributed by atoms with Gasteiger partial charge in [-0.15, -0.1) is 0 Å². The van der Waals surface area contributed by atoms with Crippen molar-refractivity contribution in [2.24, 2.45) is 0 Å². The van der Waals surface area contributed by atoms with E-state index in [2.05, 4.69) is 35.6 Å². The molecule has 3 heterocycles. The number of carbonyl (C=O) groups excluding carboxylic acids is 1. The summed E-state index contributed by atoms with van der Waals surface area (Å²) in [5, 5.41) is 6.62. The van der Waals surface area contributed by atoms with E-state index in [1.807, 2.05) is 25.1 Å². The molecule has 0 radical (unpaired) electrons. The molecule has 1 aromatic carbocycles. The van der Waals surface area contributed by atoms with Gasteiger partial charge in [-0.25, -0.2) is 19.9 Å². The number of aromatic nitrogens is 5. The lowest BCUT2D eigenvalue weighted by atomic mass is 9.96. The Kier molecular flexibility index (Phi) is 7.85. The average Bonchev–Trinajstić information content (AvgIpc) is 2.85. The molecule has 2 N–H and O–H groups in total. The van der Waals surface area contributed by atoms with Crippen LogP contribution in [0.4, 0.5) is 19.0 Å². The van der Waals surface area contributed by atoms with E-state index in [0.29, 0.717) is 29.2 Å². The zero-order valence-corrected chi connectivity index (χ0v) is 19.8. The molecule has 3 aromatic heterocycles. The van der Waals surface area contributed by atoms with Crippen LogP contribution in [0.3, 0.4) is 0 Å². The molecule has 0 aliphatic rings. The number of alkyl halides is 3. The second kappa shape index (κ2) is 10.6. The third-order valence-electron chi connectivity index (χ3n) is 5.26. The number of hydrogen-bond donors (Lipinski definition) is 2. The van der Waals surface area contributed by atoms with E-state index in [0.717, 1.165) is 28.9 Å². The minimum absolute atomic E-state index is 0. The lowest BCUT2D eigenvalue weighted by Gasteiger charge is -2.16. The summed E-state index contributed by atoms with van der Waals surface area (Å²) in [7, 11) is 1.58. The largest absolute Gasteiger partial charge is 0.451 e. The number of fused-ring (bicyclic) bond motifs is 1. The lowest BCUT2D eigenvalue weighted by molar-refractivity contribution is -0.144. The van der Waals surface area contributed by atoms with E-state index >= 15 is 0 Å². The summed E-state index contributed by atoms with van der Waals surface area (Å²) >= 11 is 0. The number of rotatable bonds is 6. The predicted molar refractivity (Wildman–Crippen MR) is 130 cm³/mol. The lowest BCUT2D eigenvalue weighted by Crippen LogP contribution is -2.18. The highest BCUT2D eigenvalue weighted by molar-refractivity contribution is 7.59. The highest BCUT2D eigenvalue weighted by atomic mass is 32.1. The maximum absolute atomic E-state index is 12.7. The van der Waals surface area contributed by atoms with Gasteiger partial charge in [-0.1, -0.05) is 25.1 Å². The highest BCUT2D eigenvalue weighted by Gasteiger charge is 2.34. The van der Waals surface area contributed by atoms with E-state index < -0.39 is 12.0 Å². The molecular formula is C23H22F3N7OS. The number of hydrogen-bond acceptors (Lipinski definition) is 7. The summed E-state index contributed by atoms with van der Waals surface area (Å²) in [5.41, 5.74) is 2.98. The fourth-order valence-corrected chi connectivity index (χ4v) is 3.52. The van der Waals surface area contributed by atoms with Gasteiger partial charge in [0.15, 0.2) is 0 Å². The van der Waals surface area contributed by atoms with Crippen molar-refractivity contribution in [2.75, 3.05) is 18.9 Å². The van der Waals surface area contributed by atoms with Crippen molar-refractivity contribution in [3.05, 3.63) is 72.2 Å². The quantitative estimate of drug-likeness (QED) is 0.408. The predicted octanol–water partition coefficient (Wildman–Crippen LogP) is 4.19. The molecule has 12 heteroatoms. The summed E-state index contributed by atoms with van der Waals surface area (Å²) in [6.45, 7) is 2.51. The van der Waals surface area contributed by atoms with Crippen molar-refractivity contribution < 1.29 is 18.0 Å². The molecule has 182 valence electrons. The van der Waals surface area contributed by atoms with Gasteiger partial charge in [0.1, 0.15) is 12.1 Å². The summed E-state index contributed by atoms with van der Waals surface area (Å²) < 4.78 is 38.1. The normalized spacial score (nSPS) is 12.0. The second-order valence-electron chi connectivity index (χ2n) is 7.54. The number of benzene rings is 1. The third-order valence-corrected chi connectivity index (χ3v) is 5.26. The van der Waals surface area contributed by atoms with Crippen molar-refractivity contribution in [2.45, 2.75) is 19.0 Å². The minimum Gasteiger partial charge on any atom is -0.369 e. The number of pyridine rings is 1. The van der Waals surface area contributed by atoms with E-state index in [9.17, 15) is 18.0 Å². The van der Waals surface area contributed by atoms with Gasteiger partial charge in [-0.05, 0) is 11.6 Å². The van der Waals surface area contributed by atoms with Crippen LogP contribution in [0.5, 0.6) is 0 Å². The van der Waals surface area contributed by atoms with Gasteiger partial charge in [-0.3, -0.25) is 9.78 Å². The van der Waals surface area contributed by atoms with Crippen LogP contribution in [-0.2, 0) is 6.18 Å². The number of para-hydroxylation sites is 1. The van der Waals surface area contributed by atoms with E-state index in [1.54, 1.807) is 25.4 Å². The van der Waals surface area contributed by atoms with E-state index in [-0.39, 0.29) is 25.3 Å². The summed E-state index contributed by atoms with van der Waals surface area (Å²) in [6, 6.07) is 9.00. The van der Waals surface area contributed by atoms with Crippen molar-refractivity contribution in [1.29, 1.82) is 0 Å². The van der Waals surface area contributed by atoms with Crippen LogP contribution < -0.4 is 10.6 Å². The molecular weight excluding hydrogens is 479 g/mol. The van der Waals surface area contributed by atoms with Crippen molar-refractivity contribution in [1.82, 2.24) is 30.2 Å². The van der Waals surface area contributed by atoms with Crippen molar-refractivity contribution in [3.8, 4) is 11.3 Å². The zero-order valence-electron chi connectivity index (χ0n) is 18.8. The molecule has 0 aliphatic heterocycles. The topological polar surface area (TPSA) is 106 Å². The molecule has 4 aromatic rings. The molecule has 1 atom stereocenters. The standard InChI is InChI=1S/C23H20F3N7O.H2S/c1-13(15-4-3-5-16-17(21(34)27-2)6-7-28-20(15)16)9-29-19-8-18(32-12-33-19)14-10-30-22(31-11-14)23(24,25)26;/h3-8,10-13H,9H2,1-2H3,(H,27,34)(H,29,32,33);1H2/t13-;/m1./s1. The second-order valence-corrected chi connectivity index (χ2v) is 7.54. The molecule has 0 fully saturated rings. The zero-order chi connectivity index (χ0) is 24.3. The van der Waals surface area contributed by atoms with Gasteiger partial charge in [0.2, 0.25) is 5.82 Å². The Hall–Kier alpha value is -3.80. The average molecular weight is 502 g/mol. The number of nitrogens with one attached hydrogen (secondary N) is 2. The first-order valence-electron chi connectivity index (χ1n) is 10.3. The summed E-state index contributed by atoms with van der Waals surface area (Å²) in [5.74, 6) is -0.892. The Labute approximate surface area is 205 Å². The van der Waals surface area contributed by atoms with Gasteiger partial charge in [0.05, 0.1) is 16.8 Å². The van der Waals surface area contributed by atoms with Crippen LogP contribution in [0.2, 0.25) is 0 Å². The van der Waals surface area contributed by atoms with E-state index in [1.165, 1.54) is 6.33 Å². The fraction of sp³-hybridized carbons (Fsp3) is 0.217. The van der Waals surface area contributed by atoms with Crippen LogP contribution in [-0.4, -0.2) is 44.4 Å². The SMILES string of the molecule is CNC(=O)c1ccnc2c([C@H](C)CNc3cc(-c4cnc(C(F)(F)F)nc4)ncn3)cccc12.S. The maximum atomic E-state index is 12.7. The smallest absolute Gasteiger partial charge is 0.369 e. The molecule has 1 amide bonds. The van der Waals surface area contributed by atoms with Gasteiger partial charge >= 0.3 is 6.18 Å². The number of amides is 1. The van der Waals surface area contributed by atoms with Gasteiger partial charge in [-0.2, -0.15) is 26.7 Å². The molecule has 0 bridgehead atoms. The number of nitrogens with zero attached hydrogens (tertiary/aromatic N) is 5. The molecule has 0 unspecified atom stereocenters. The Morgan fingerprint density at radius 2 is 1.80 bits per heavy atom. The number of anilines is 1. The van der Waals surface area contributed by atoms with Crippen LogP contribution >= 0.6 is 13.5 Å². The third kappa shape index (κ3) is 5.65. The molecule has 8 nitrogen and oxygen atoms in total. The number of carbonyl (C=O) groups is 1. The van der Waals surface area contributed by atoms with Gasteiger partial charge in [0, 0.05) is 55.1 Å². The van der Waals surface area contributed by atoms with Gasteiger partial charge in [0.25, 0.3) is 5.91 Å². The fourth-order valence-electron chi connectivity index (χ4n) is 3.52. The molecule has 0 aliphatic carbocycles. The van der Waals surface area contributed by atoms with Crippen molar-refractivity contribution in [3.63, 3.8) is 0 Å². The van der Waals surface area contributed by atoms with Gasteiger partial charge < -0.3 is 10.6 Å². The molecule has 0 saturated heterocycles.